The summed E-state index contributed by atoms with van der Waals surface area (Å²) in [7, 11) is 0. The molecule has 0 unspecified atom stereocenters. The van der Waals surface area contributed by atoms with Crippen LogP contribution in [0.3, 0.4) is 0 Å². The molecule has 15 aromatic rings. The third-order valence-electron chi connectivity index (χ3n) is 13.0. The molecule has 8 aromatic carbocycles. The molecule has 0 amide bonds. The zero-order valence-electron chi connectivity index (χ0n) is 30.5. The van der Waals surface area contributed by atoms with E-state index in [0.29, 0.717) is 0 Å². The summed E-state index contributed by atoms with van der Waals surface area (Å²) in [6.45, 7) is 0. The minimum Gasteiger partial charge on any atom is -0.298 e. The van der Waals surface area contributed by atoms with E-state index >= 15 is 0 Å². The van der Waals surface area contributed by atoms with Crippen molar-refractivity contribution < 1.29 is 0 Å². The molecule has 0 aliphatic rings. The lowest BCUT2D eigenvalue weighted by atomic mass is 9.96. The van der Waals surface area contributed by atoms with Gasteiger partial charge in [0.05, 0.1) is 60.7 Å². The van der Waals surface area contributed by atoms with Crippen LogP contribution in [0.2, 0.25) is 0 Å². The van der Waals surface area contributed by atoms with Gasteiger partial charge in [-0.2, -0.15) is 0 Å². The fourth-order valence-electron chi connectivity index (χ4n) is 10.8. The van der Waals surface area contributed by atoms with E-state index < -0.39 is 0 Å². The predicted molar refractivity (Wildman–Crippen MR) is 236 cm³/mol. The van der Waals surface area contributed by atoms with Crippen LogP contribution in [0.5, 0.6) is 0 Å². The maximum absolute atomic E-state index is 2.66. The van der Waals surface area contributed by atoms with E-state index in [4.69, 9.17) is 0 Å². The number of rotatable bonds is 3. The van der Waals surface area contributed by atoms with Crippen molar-refractivity contribution in [1.29, 1.82) is 0 Å². The molecule has 7 aromatic heterocycles. The van der Waals surface area contributed by atoms with Crippen molar-refractivity contribution in [3.05, 3.63) is 176 Å². The lowest BCUT2D eigenvalue weighted by Crippen LogP contribution is -2.04. The Balaban J connectivity index is 1.35. The first-order valence-corrected chi connectivity index (χ1v) is 19.7. The molecule has 0 aliphatic carbocycles. The second-order valence-corrected chi connectivity index (χ2v) is 15.8. The number of fused-ring (bicyclic) bond motifs is 11. The van der Waals surface area contributed by atoms with Crippen LogP contribution in [0.1, 0.15) is 0 Å². The molecule has 5 nitrogen and oxygen atoms in total. The van der Waals surface area contributed by atoms with Gasteiger partial charge in [-0.15, -0.1) is 0 Å². The van der Waals surface area contributed by atoms with Crippen LogP contribution in [0.4, 0.5) is 0 Å². The zero-order valence-corrected chi connectivity index (χ0v) is 30.5. The molecular formula is C52H29N5. The molecule has 0 saturated carbocycles. The van der Waals surface area contributed by atoms with Gasteiger partial charge in [-0.05, 0) is 105 Å². The first kappa shape index (κ1) is 28.7. The SMILES string of the molecule is c1ccc(-c2cc3c4cc(-c5ccccc5)cc5c4c4c6n5c5ccccc5n6c5cc(-c6ccccc6)cc6c5n4c4c3c(c2)n2c3ccccc3n6c42)cc1. The van der Waals surface area contributed by atoms with E-state index in [2.05, 4.69) is 198 Å². The summed E-state index contributed by atoms with van der Waals surface area (Å²) in [6.07, 6.45) is 0. The highest BCUT2D eigenvalue weighted by atomic mass is 15.2. The van der Waals surface area contributed by atoms with E-state index in [-0.39, 0.29) is 0 Å². The van der Waals surface area contributed by atoms with Gasteiger partial charge < -0.3 is 0 Å². The van der Waals surface area contributed by atoms with Gasteiger partial charge in [-0.1, -0.05) is 115 Å². The number of nitrogens with zero attached hydrogens (tertiary/aromatic N) is 5. The molecule has 0 radical (unpaired) electrons. The van der Waals surface area contributed by atoms with E-state index in [1.807, 2.05) is 0 Å². The smallest absolute Gasteiger partial charge is 0.148 e. The van der Waals surface area contributed by atoms with Gasteiger partial charge in [0.15, 0.2) is 0 Å². The summed E-state index contributed by atoms with van der Waals surface area (Å²) in [5.41, 5.74) is 23.0. The monoisotopic (exact) mass is 723 g/mol. The summed E-state index contributed by atoms with van der Waals surface area (Å²) in [6, 6.07) is 65.3. The van der Waals surface area contributed by atoms with Crippen molar-refractivity contribution in [1.82, 2.24) is 22.0 Å². The third kappa shape index (κ3) is 3.25. The second kappa shape index (κ2) is 9.72. The molecule has 0 aliphatic heterocycles. The van der Waals surface area contributed by atoms with E-state index in [1.165, 1.54) is 127 Å². The molecule has 0 fully saturated rings. The fraction of sp³-hybridized carbons (Fsp3) is 0. The maximum Gasteiger partial charge on any atom is 0.148 e. The Morgan fingerprint density at radius 3 is 0.930 bits per heavy atom. The largest absolute Gasteiger partial charge is 0.298 e. The lowest BCUT2D eigenvalue weighted by molar-refractivity contribution is 1.18. The van der Waals surface area contributed by atoms with Gasteiger partial charge in [-0.25, -0.2) is 0 Å². The Labute approximate surface area is 323 Å². The Morgan fingerprint density at radius 1 is 0.228 bits per heavy atom. The number of hydrogen-bond donors (Lipinski definition) is 0. The van der Waals surface area contributed by atoms with Crippen LogP contribution in [0, 0.1) is 0 Å². The van der Waals surface area contributed by atoms with Crippen molar-refractivity contribution in [3.63, 3.8) is 0 Å². The van der Waals surface area contributed by atoms with Gasteiger partial charge in [0, 0.05) is 10.8 Å². The van der Waals surface area contributed by atoms with E-state index in [0.717, 1.165) is 0 Å². The van der Waals surface area contributed by atoms with Crippen molar-refractivity contribution >= 4 is 93.5 Å². The minimum atomic E-state index is 1.19. The number of para-hydroxylation sites is 4. The molecule has 57 heavy (non-hydrogen) atoms. The summed E-state index contributed by atoms with van der Waals surface area (Å²) >= 11 is 0. The summed E-state index contributed by atoms with van der Waals surface area (Å²) in [4.78, 5) is 0. The number of hydrogen-bond acceptors (Lipinski definition) is 0. The summed E-state index contributed by atoms with van der Waals surface area (Å²) in [5.74, 6) is 0. The van der Waals surface area contributed by atoms with Crippen molar-refractivity contribution in [3.8, 4) is 33.4 Å². The highest BCUT2D eigenvalue weighted by Crippen LogP contribution is 2.50. The minimum absolute atomic E-state index is 1.19. The Morgan fingerprint density at radius 2 is 0.544 bits per heavy atom. The molecule has 0 spiro atoms. The van der Waals surface area contributed by atoms with Crippen LogP contribution in [-0.2, 0) is 0 Å². The summed E-state index contributed by atoms with van der Waals surface area (Å²) < 4.78 is 12.9. The average molecular weight is 724 g/mol. The maximum atomic E-state index is 2.66. The quantitative estimate of drug-likeness (QED) is 0.173. The normalized spacial score (nSPS) is 12.9. The molecule has 7 heterocycles. The van der Waals surface area contributed by atoms with Crippen molar-refractivity contribution in [2.75, 3.05) is 0 Å². The first-order valence-electron chi connectivity index (χ1n) is 19.7. The molecule has 15 rings (SSSR count). The fourth-order valence-corrected chi connectivity index (χ4v) is 10.8. The molecule has 262 valence electrons. The van der Waals surface area contributed by atoms with Crippen molar-refractivity contribution in [2.45, 2.75) is 0 Å². The molecule has 0 N–H and O–H groups in total. The topological polar surface area (TPSA) is 22.1 Å². The van der Waals surface area contributed by atoms with Gasteiger partial charge in [0.2, 0.25) is 0 Å². The molecule has 0 atom stereocenters. The van der Waals surface area contributed by atoms with Crippen LogP contribution in [-0.4, -0.2) is 22.0 Å². The standard InChI is InChI=1S/C52H29N5/c1-4-14-30(15-5-1)33-24-36-37-25-34(31-16-6-2-7-17-31)27-43-47(37)50-52-54(43)39-21-11-13-23-41(39)56(52)45-29-35(32-18-8-3-9-19-32)28-44-48(45)57(50)49-46(36)42(26-33)53-38-20-10-12-22-40(38)55(44)51(49)53/h1-29H. The zero-order chi connectivity index (χ0) is 36.7. The Kier molecular flexibility index (Phi) is 4.89. The molecule has 0 bridgehead atoms. The summed E-state index contributed by atoms with van der Waals surface area (Å²) in [5, 5.41) is 5.12. The third-order valence-corrected chi connectivity index (χ3v) is 13.0. The predicted octanol–water partition coefficient (Wildman–Crippen LogP) is 13.2. The van der Waals surface area contributed by atoms with Gasteiger partial charge in [-0.3, -0.25) is 22.0 Å². The van der Waals surface area contributed by atoms with E-state index in [1.54, 1.807) is 0 Å². The van der Waals surface area contributed by atoms with Crippen molar-refractivity contribution in [2.24, 2.45) is 0 Å². The first-order chi connectivity index (χ1) is 28.3. The number of imidazole rings is 2. The number of aromatic nitrogens is 5. The van der Waals surface area contributed by atoms with Crippen LogP contribution < -0.4 is 0 Å². The van der Waals surface area contributed by atoms with Gasteiger partial charge in [0.25, 0.3) is 0 Å². The average Bonchev–Trinajstić information content (AvgIpc) is 3.99. The van der Waals surface area contributed by atoms with Crippen LogP contribution in [0.15, 0.2) is 176 Å². The highest BCUT2D eigenvalue weighted by molar-refractivity contribution is 6.33. The van der Waals surface area contributed by atoms with Gasteiger partial charge >= 0.3 is 0 Å². The Bertz CT molecular complexity index is 3870. The lowest BCUT2D eigenvalue weighted by Gasteiger charge is -2.17. The van der Waals surface area contributed by atoms with Crippen LogP contribution >= 0.6 is 0 Å². The van der Waals surface area contributed by atoms with Crippen LogP contribution in [0.25, 0.3) is 127 Å². The number of benzene rings is 8. The molecule has 5 heteroatoms. The van der Waals surface area contributed by atoms with Gasteiger partial charge in [0.1, 0.15) is 11.3 Å². The molecular weight excluding hydrogens is 695 g/mol. The molecule has 0 saturated heterocycles. The second-order valence-electron chi connectivity index (χ2n) is 15.8. The Hall–Kier alpha value is -7.76. The van der Waals surface area contributed by atoms with E-state index in [9.17, 15) is 0 Å². The highest BCUT2D eigenvalue weighted by Gasteiger charge is 2.32.